The van der Waals surface area contributed by atoms with Crippen LogP contribution in [0.25, 0.3) is 0 Å². The van der Waals surface area contributed by atoms with Gasteiger partial charge in [-0.2, -0.15) is 0 Å². The SMILES string of the molecule is Cc1cc(CNC(=O)C(=O)Nc2cc(F)c(F)cc2F)no1. The summed E-state index contributed by atoms with van der Waals surface area (Å²) in [6.45, 7) is 1.57. The van der Waals surface area contributed by atoms with Gasteiger partial charge < -0.3 is 15.2 Å². The first-order valence-electron chi connectivity index (χ1n) is 6.02. The first-order valence-corrected chi connectivity index (χ1v) is 6.02. The third-order valence-corrected chi connectivity index (χ3v) is 2.57. The zero-order valence-electron chi connectivity index (χ0n) is 11.2. The van der Waals surface area contributed by atoms with Gasteiger partial charge in [-0.3, -0.25) is 9.59 Å². The lowest BCUT2D eigenvalue weighted by Crippen LogP contribution is -2.35. The van der Waals surface area contributed by atoms with Crippen LogP contribution >= 0.6 is 0 Å². The summed E-state index contributed by atoms with van der Waals surface area (Å²) in [7, 11) is 0. The Balaban J connectivity index is 1.96. The lowest BCUT2D eigenvalue weighted by molar-refractivity contribution is -0.136. The standard InChI is InChI=1S/C13H10F3N3O3/c1-6-2-7(19-22-6)5-17-12(20)13(21)18-11-4-9(15)8(14)3-10(11)16/h2-4H,5H2,1H3,(H,17,20)(H,18,21). The van der Waals surface area contributed by atoms with Crippen molar-refractivity contribution >= 4 is 17.5 Å². The fourth-order valence-electron chi connectivity index (χ4n) is 1.55. The van der Waals surface area contributed by atoms with Crippen LogP contribution in [-0.4, -0.2) is 17.0 Å². The quantitative estimate of drug-likeness (QED) is 0.667. The topological polar surface area (TPSA) is 84.2 Å². The van der Waals surface area contributed by atoms with E-state index in [0.717, 1.165) is 0 Å². The Morgan fingerprint density at radius 1 is 1.09 bits per heavy atom. The Morgan fingerprint density at radius 2 is 1.77 bits per heavy atom. The number of hydrogen-bond acceptors (Lipinski definition) is 4. The highest BCUT2D eigenvalue weighted by Crippen LogP contribution is 2.18. The molecular weight excluding hydrogens is 303 g/mol. The van der Waals surface area contributed by atoms with Crippen molar-refractivity contribution in [2.24, 2.45) is 0 Å². The molecule has 0 aliphatic rings. The van der Waals surface area contributed by atoms with Crippen molar-refractivity contribution < 1.29 is 27.3 Å². The number of hydrogen-bond donors (Lipinski definition) is 2. The molecule has 2 rings (SSSR count). The lowest BCUT2D eigenvalue weighted by atomic mass is 10.2. The van der Waals surface area contributed by atoms with Gasteiger partial charge in [-0.1, -0.05) is 5.16 Å². The minimum Gasteiger partial charge on any atom is -0.361 e. The van der Waals surface area contributed by atoms with Crippen molar-refractivity contribution in [2.45, 2.75) is 13.5 Å². The van der Waals surface area contributed by atoms with Gasteiger partial charge in [-0.25, -0.2) is 13.2 Å². The van der Waals surface area contributed by atoms with E-state index in [9.17, 15) is 22.8 Å². The van der Waals surface area contributed by atoms with Crippen molar-refractivity contribution in [3.05, 3.63) is 47.1 Å². The van der Waals surface area contributed by atoms with E-state index >= 15 is 0 Å². The van der Waals surface area contributed by atoms with E-state index in [0.29, 0.717) is 17.5 Å². The smallest absolute Gasteiger partial charge is 0.313 e. The number of amides is 2. The average molecular weight is 313 g/mol. The Hall–Kier alpha value is -2.84. The lowest BCUT2D eigenvalue weighted by Gasteiger charge is -2.07. The van der Waals surface area contributed by atoms with Crippen LogP contribution in [0.5, 0.6) is 0 Å². The van der Waals surface area contributed by atoms with Crippen molar-refractivity contribution in [2.75, 3.05) is 5.32 Å². The van der Waals surface area contributed by atoms with Gasteiger partial charge in [0.1, 0.15) is 17.3 Å². The number of aryl methyl sites for hydroxylation is 1. The van der Waals surface area contributed by atoms with E-state index in [1.807, 2.05) is 5.32 Å². The van der Waals surface area contributed by atoms with Gasteiger partial charge in [0, 0.05) is 18.2 Å². The fourth-order valence-corrected chi connectivity index (χ4v) is 1.55. The average Bonchev–Trinajstić information content (AvgIpc) is 2.87. The summed E-state index contributed by atoms with van der Waals surface area (Å²) in [5, 5.41) is 7.65. The first kappa shape index (κ1) is 15.5. The molecule has 0 radical (unpaired) electrons. The number of carbonyl (C=O) groups excluding carboxylic acids is 2. The van der Waals surface area contributed by atoms with Crippen LogP contribution in [0.2, 0.25) is 0 Å². The Bertz CT molecular complexity index is 731. The molecule has 0 unspecified atom stereocenters. The van der Waals surface area contributed by atoms with Crippen LogP contribution in [0.15, 0.2) is 22.7 Å². The van der Waals surface area contributed by atoms with Gasteiger partial charge >= 0.3 is 11.8 Å². The summed E-state index contributed by atoms with van der Waals surface area (Å²) in [5.74, 6) is -5.75. The van der Waals surface area contributed by atoms with Crippen LogP contribution < -0.4 is 10.6 Å². The van der Waals surface area contributed by atoms with E-state index in [1.54, 1.807) is 13.0 Å². The Kier molecular flexibility index (Phi) is 4.44. The molecule has 0 fully saturated rings. The minimum atomic E-state index is -1.40. The molecule has 22 heavy (non-hydrogen) atoms. The molecule has 0 saturated carbocycles. The maximum atomic E-state index is 13.3. The van der Waals surface area contributed by atoms with Crippen molar-refractivity contribution in [1.82, 2.24) is 10.5 Å². The molecular formula is C13H10F3N3O3. The molecule has 1 aromatic heterocycles. The van der Waals surface area contributed by atoms with E-state index in [2.05, 4.69) is 10.5 Å². The normalized spacial score (nSPS) is 10.4. The molecule has 0 saturated heterocycles. The minimum absolute atomic E-state index is 0.0795. The number of halogens is 3. The summed E-state index contributed by atoms with van der Waals surface area (Å²) >= 11 is 0. The third-order valence-electron chi connectivity index (χ3n) is 2.57. The molecule has 0 aliphatic heterocycles. The number of nitrogens with one attached hydrogen (secondary N) is 2. The van der Waals surface area contributed by atoms with Crippen LogP contribution in [-0.2, 0) is 16.1 Å². The summed E-state index contributed by atoms with van der Waals surface area (Å²) in [5.41, 5.74) is -0.256. The second kappa shape index (κ2) is 6.29. The molecule has 9 heteroatoms. The summed E-state index contributed by atoms with van der Waals surface area (Å²) in [4.78, 5) is 23.1. The van der Waals surface area contributed by atoms with Crippen LogP contribution in [0.1, 0.15) is 11.5 Å². The third kappa shape index (κ3) is 3.62. The fraction of sp³-hybridized carbons (Fsp3) is 0.154. The number of anilines is 1. The van der Waals surface area contributed by atoms with Gasteiger partial charge in [-0.05, 0) is 6.92 Å². The number of nitrogens with zero attached hydrogens (tertiary/aromatic N) is 1. The predicted octanol–water partition coefficient (Wildman–Crippen LogP) is 1.66. The second-order valence-corrected chi connectivity index (χ2v) is 4.31. The number of benzene rings is 1. The number of carbonyl (C=O) groups is 2. The zero-order chi connectivity index (χ0) is 16.3. The molecule has 0 bridgehead atoms. The van der Waals surface area contributed by atoms with E-state index in [4.69, 9.17) is 4.52 Å². The molecule has 2 aromatic rings. The van der Waals surface area contributed by atoms with Crippen molar-refractivity contribution in [1.29, 1.82) is 0 Å². The number of aromatic nitrogens is 1. The highest BCUT2D eigenvalue weighted by Gasteiger charge is 2.18. The zero-order valence-corrected chi connectivity index (χ0v) is 11.2. The summed E-state index contributed by atoms with van der Waals surface area (Å²) < 4.78 is 43.8. The largest absolute Gasteiger partial charge is 0.361 e. The van der Waals surface area contributed by atoms with Crippen LogP contribution in [0.4, 0.5) is 18.9 Å². The summed E-state index contributed by atoms with van der Waals surface area (Å²) in [6.07, 6.45) is 0. The van der Waals surface area contributed by atoms with Gasteiger partial charge in [0.2, 0.25) is 0 Å². The van der Waals surface area contributed by atoms with Gasteiger partial charge in [0.25, 0.3) is 0 Å². The molecule has 0 atom stereocenters. The monoisotopic (exact) mass is 313 g/mol. The van der Waals surface area contributed by atoms with Crippen molar-refractivity contribution in [3.8, 4) is 0 Å². The summed E-state index contributed by atoms with van der Waals surface area (Å²) in [6, 6.07) is 2.26. The van der Waals surface area contributed by atoms with E-state index in [-0.39, 0.29) is 12.6 Å². The maximum absolute atomic E-state index is 13.3. The maximum Gasteiger partial charge on any atom is 0.313 e. The Morgan fingerprint density at radius 3 is 2.41 bits per heavy atom. The van der Waals surface area contributed by atoms with Crippen molar-refractivity contribution in [3.63, 3.8) is 0 Å². The molecule has 6 nitrogen and oxygen atoms in total. The molecule has 2 N–H and O–H groups in total. The highest BCUT2D eigenvalue weighted by molar-refractivity contribution is 6.39. The molecule has 1 aromatic carbocycles. The Labute approximate surface area is 122 Å². The van der Waals surface area contributed by atoms with E-state index < -0.39 is 35.0 Å². The predicted molar refractivity (Wildman–Crippen MR) is 68.0 cm³/mol. The second-order valence-electron chi connectivity index (χ2n) is 4.31. The van der Waals surface area contributed by atoms with E-state index in [1.165, 1.54) is 0 Å². The molecule has 1 heterocycles. The molecule has 0 aliphatic carbocycles. The van der Waals surface area contributed by atoms with Gasteiger partial charge in [0.05, 0.1) is 12.2 Å². The number of rotatable bonds is 3. The van der Waals surface area contributed by atoms with Gasteiger partial charge in [0.15, 0.2) is 11.6 Å². The first-order chi connectivity index (χ1) is 10.4. The highest BCUT2D eigenvalue weighted by atomic mass is 19.2. The van der Waals surface area contributed by atoms with Crippen LogP contribution in [0, 0.1) is 24.4 Å². The van der Waals surface area contributed by atoms with Gasteiger partial charge in [-0.15, -0.1) is 0 Å². The molecule has 2 amide bonds. The molecule has 116 valence electrons. The molecule has 0 spiro atoms. The van der Waals surface area contributed by atoms with Crippen LogP contribution in [0.3, 0.4) is 0 Å².